The van der Waals surface area contributed by atoms with E-state index in [4.69, 9.17) is 4.74 Å². The normalized spacial score (nSPS) is 11.4. The molecule has 0 saturated carbocycles. The first-order valence-corrected chi connectivity index (χ1v) is 7.10. The molecule has 0 aliphatic heterocycles. The van der Waals surface area contributed by atoms with Crippen LogP contribution in [0.4, 0.5) is 13.2 Å². The molecule has 108 valence electrons. The van der Waals surface area contributed by atoms with Crippen LogP contribution in [0.15, 0.2) is 28.1 Å². The fraction of sp³-hybridized carbons (Fsp3) is 0.250. The highest BCUT2D eigenvalue weighted by Gasteiger charge is 2.31. The van der Waals surface area contributed by atoms with Gasteiger partial charge in [0.2, 0.25) is 0 Å². The number of halogens is 4. The van der Waals surface area contributed by atoms with E-state index in [1.54, 1.807) is 0 Å². The minimum Gasteiger partial charge on any atom is -0.487 e. The Balaban J connectivity index is 2.01. The van der Waals surface area contributed by atoms with E-state index < -0.39 is 6.36 Å². The largest absolute Gasteiger partial charge is 0.573 e. The molecule has 1 aromatic heterocycles. The summed E-state index contributed by atoms with van der Waals surface area (Å²) in [4.78, 5) is 4.22. The summed E-state index contributed by atoms with van der Waals surface area (Å²) in [7, 11) is 0. The minimum atomic E-state index is -4.72. The zero-order valence-corrected chi connectivity index (χ0v) is 12.6. The Morgan fingerprint density at radius 3 is 2.65 bits per heavy atom. The molecule has 0 atom stereocenters. The highest BCUT2D eigenvalue weighted by molar-refractivity contribution is 9.10. The predicted molar refractivity (Wildman–Crippen MR) is 72.0 cm³/mol. The zero-order valence-electron chi connectivity index (χ0n) is 10.2. The van der Waals surface area contributed by atoms with Crippen molar-refractivity contribution in [3.63, 3.8) is 0 Å². The smallest absolute Gasteiger partial charge is 0.487 e. The molecular formula is C12H9BrF3NO2S. The first-order chi connectivity index (χ1) is 9.33. The van der Waals surface area contributed by atoms with E-state index in [2.05, 4.69) is 25.7 Å². The monoisotopic (exact) mass is 367 g/mol. The van der Waals surface area contributed by atoms with E-state index in [-0.39, 0.29) is 16.8 Å². The van der Waals surface area contributed by atoms with Crippen LogP contribution in [0.1, 0.15) is 10.7 Å². The van der Waals surface area contributed by atoms with Gasteiger partial charge in [-0.25, -0.2) is 4.98 Å². The van der Waals surface area contributed by atoms with Gasteiger partial charge in [-0.05, 0) is 41.1 Å². The fourth-order valence-corrected chi connectivity index (χ4v) is 2.45. The van der Waals surface area contributed by atoms with Crippen LogP contribution in [0, 0.1) is 6.92 Å². The van der Waals surface area contributed by atoms with Gasteiger partial charge in [0.1, 0.15) is 18.1 Å². The molecule has 1 aromatic carbocycles. The van der Waals surface area contributed by atoms with Crippen molar-refractivity contribution in [2.24, 2.45) is 0 Å². The van der Waals surface area contributed by atoms with Gasteiger partial charge in [0.25, 0.3) is 0 Å². The van der Waals surface area contributed by atoms with Crippen LogP contribution in [0.5, 0.6) is 11.5 Å². The zero-order chi connectivity index (χ0) is 14.8. The van der Waals surface area contributed by atoms with Gasteiger partial charge in [0.05, 0.1) is 15.2 Å². The Morgan fingerprint density at radius 1 is 1.35 bits per heavy atom. The molecule has 3 nitrogen and oxygen atoms in total. The van der Waals surface area contributed by atoms with Crippen LogP contribution < -0.4 is 9.47 Å². The van der Waals surface area contributed by atoms with Gasteiger partial charge < -0.3 is 9.47 Å². The molecular weight excluding hydrogens is 359 g/mol. The second-order valence-electron chi connectivity index (χ2n) is 3.79. The van der Waals surface area contributed by atoms with Crippen molar-refractivity contribution in [1.29, 1.82) is 0 Å². The van der Waals surface area contributed by atoms with Gasteiger partial charge in [-0.1, -0.05) is 0 Å². The summed E-state index contributed by atoms with van der Waals surface area (Å²) in [5, 5.41) is 2.80. The number of thiazole rings is 1. The lowest BCUT2D eigenvalue weighted by Crippen LogP contribution is -2.17. The molecule has 1 heterocycles. The Bertz CT molecular complexity index is 601. The highest BCUT2D eigenvalue weighted by atomic mass is 79.9. The van der Waals surface area contributed by atoms with Crippen molar-refractivity contribution in [3.8, 4) is 11.5 Å². The summed E-state index contributed by atoms with van der Waals surface area (Å²) in [5.74, 6) is 0.117. The van der Waals surface area contributed by atoms with E-state index in [0.29, 0.717) is 5.75 Å². The SMILES string of the molecule is Cc1nc(COc2ccc(OC(F)(F)F)c(Br)c2)cs1. The van der Waals surface area contributed by atoms with Crippen LogP contribution in [0.25, 0.3) is 0 Å². The van der Waals surface area contributed by atoms with Gasteiger partial charge in [0.15, 0.2) is 0 Å². The maximum atomic E-state index is 12.1. The number of nitrogens with zero attached hydrogens (tertiary/aromatic N) is 1. The molecule has 0 amide bonds. The fourth-order valence-electron chi connectivity index (χ4n) is 1.41. The summed E-state index contributed by atoms with van der Waals surface area (Å²) >= 11 is 4.52. The lowest BCUT2D eigenvalue weighted by atomic mass is 10.3. The molecule has 8 heteroatoms. The molecule has 2 aromatic rings. The molecule has 0 saturated heterocycles. The molecule has 0 aliphatic carbocycles. The molecule has 0 fully saturated rings. The topological polar surface area (TPSA) is 31.4 Å². The molecule has 0 spiro atoms. The van der Waals surface area contributed by atoms with Gasteiger partial charge in [-0.3, -0.25) is 0 Å². The Labute approximate surface area is 125 Å². The first kappa shape index (κ1) is 15.1. The predicted octanol–water partition coefficient (Wildman–Crippen LogP) is 4.69. The average molecular weight is 368 g/mol. The summed E-state index contributed by atoms with van der Waals surface area (Å²) in [6.45, 7) is 2.14. The van der Waals surface area contributed by atoms with Crippen LogP contribution in [0.2, 0.25) is 0 Å². The average Bonchev–Trinajstić information content (AvgIpc) is 2.74. The van der Waals surface area contributed by atoms with Crippen molar-refractivity contribution in [2.45, 2.75) is 19.9 Å². The third kappa shape index (κ3) is 4.38. The molecule has 20 heavy (non-hydrogen) atoms. The first-order valence-electron chi connectivity index (χ1n) is 5.42. The highest BCUT2D eigenvalue weighted by Crippen LogP contribution is 2.33. The molecule has 0 aliphatic rings. The number of benzene rings is 1. The summed E-state index contributed by atoms with van der Waals surface area (Å²) in [5.41, 5.74) is 0.777. The molecule has 0 bridgehead atoms. The lowest BCUT2D eigenvalue weighted by Gasteiger charge is -2.11. The van der Waals surface area contributed by atoms with Gasteiger partial charge in [-0.2, -0.15) is 0 Å². The number of hydrogen-bond acceptors (Lipinski definition) is 4. The number of aryl methyl sites for hydroxylation is 1. The number of alkyl halides is 3. The van der Waals surface area contributed by atoms with Crippen molar-refractivity contribution in [1.82, 2.24) is 4.98 Å². The van der Waals surface area contributed by atoms with Gasteiger partial charge >= 0.3 is 6.36 Å². The standard InChI is InChI=1S/C12H9BrF3NO2S/c1-7-17-8(6-20-7)5-18-9-2-3-11(10(13)4-9)19-12(14,15)16/h2-4,6H,5H2,1H3. The summed E-state index contributed by atoms with van der Waals surface area (Å²) in [6.07, 6.45) is -4.72. The van der Waals surface area contributed by atoms with E-state index in [1.165, 1.54) is 29.5 Å². The van der Waals surface area contributed by atoms with E-state index in [9.17, 15) is 13.2 Å². The Hall–Kier alpha value is -1.28. The Kier molecular flexibility index (Phi) is 4.54. The summed E-state index contributed by atoms with van der Waals surface area (Å²) < 4.78 is 45.8. The van der Waals surface area contributed by atoms with E-state index in [1.807, 2.05) is 12.3 Å². The number of aromatic nitrogens is 1. The third-order valence-electron chi connectivity index (χ3n) is 2.18. The molecule has 2 rings (SSSR count). The van der Waals surface area contributed by atoms with Crippen molar-refractivity contribution >= 4 is 27.3 Å². The van der Waals surface area contributed by atoms with E-state index >= 15 is 0 Å². The maximum Gasteiger partial charge on any atom is 0.573 e. The number of ether oxygens (including phenoxy) is 2. The second-order valence-corrected chi connectivity index (χ2v) is 5.70. The van der Waals surface area contributed by atoms with Crippen molar-refractivity contribution in [3.05, 3.63) is 38.8 Å². The van der Waals surface area contributed by atoms with Gasteiger partial charge in [0, 0.05) is 5.38 Å². The third-order valence-corrected chi connectivity index (χ3v) is 3.62. The molecule has 0 N–H and O–H groups in total. The molecule has 0 radical (unpaired) electrons. The lowest BCUT2D eigenvalue weighted by molar-refractivity contribution is -0.274. The number of hydrogen-bond donors (Lipinski definition) is 0. The second kappa shape index (κ2) is 6.01. The molecule has 0 unspecified atom stereocenters. The Morgan fingerprint density at radius 2 is 2.10 bits per heavy atom. The minimum absolute atomic E-state index is 0.168. The maximum absolute atomic E-state index is 12.1. The van der Waals surface area contributed by atoms with Crippen molar-refractivity contribution in [2.75, 3.05) is 0 Å². The van der Waals surface area contributed by atoms with E-state index in [0.717, 1.165) is 10.7 Å². The summed E-state index contributed by atoms with van der Waals surface area (Å²) in [6, 6.07) is 4.02. The quantitative estimate of drug-likeness (QED) is 0.785. The van der Waals surface area contributed by atoms with Crippen LogP contribution in [-0.4, -0.2) is 11.3 Å². The van der Waals surface area contributed by atoms with Crippen LogP contribution in [-0.2, 0) is 6.61 Å². The van der Waals surface area contributed by atoms with Crippen molar-refractivity contribution < 1.29 is 22.6 Å². The van der Waals surface area contributed by atoms with Gasteiger partial charge in [-0.15, -0.1) is 24.5 Å². The van der Waals surface area contributed by atoms with Crippen LogP contribution >= 0.6 is 27.3 Å². The number of rotatable bonds is 4. The van der Waals surface area contributed by atoms with Crippen LogP contribution in [0.3, 0.4) is 0 Å².